The molecule has 8 nitrogen and oxygen atoms in total. The molecule has 3 aromatic carbocycles. The minimum absolute atomic E-state index is 0.0892. The van der Waals surface area contributed by atoms with E-state index in [9.17, 15) is 24.3 Å². The molecule has 188 valence electrons. The number of hydrogen-bond acceptors (Lipinski definition) is 5. The van der Waals surface area contributed by atoms with E-state index in [1.54, 1.807) is 24.3 Å². The van der Waals surface area contributed by atoms with Crippen LogP contribution in [0.4, 0.5) is 4.79 Å². The van der Waals surface area contributed by atoms with Crippen molar-refractivity contribution in [1.82, 2.24) is 10.2 Å². The van der Waals surface area contributed by atoms with E-state index in [1.807, 2.05) is 48.5 Å². The van der Waals surface area contributed by atoms with E-state index in [2.05, 4.69) is 5.32 Å². The first-order valence-corrected chi connectivity index (χ1v) is 12.2. The molecule has 0 bridgehead atoms. The summed E-state index contributed by atoms with van der Waals surface area (Å²) < 4.78 is 5.46. The highest BCUT2D eigenvalue weighted by atomic mass is 16.5. The van der Waals surface area contributed by atoms with Crippen LogP contribution >= 0.6 is 0 Å². The summed E-state index contributed by atoms with van der Waals surface area (Å²) in [6, 6.07) is 21.4. The molecule has 0 radical (unpaired) electrons. The summed E-state index contributed by atoms with van der Waals surface area (Å²) >= 11 is 0. The zero-order chi connectivity index (χ0) is 25.9. The number of imide groups is 1. The lowest BCUT2D eigenvalue weighted by molar-refractivity contribution is -0.139. The highest BCUT2D eigenvalue weighted by Gasteiger charge is 2.34. The molecule has 1 heterocycles. The van der Waals surface area contributed by atoms with Crippen LogP contribution in [-0.2, 0) is 9.53 Å². The Morgan fingerprint density at radius 2 is 1.32 bits per heavy atom. The highest BCUT2D eigenvalue weighted by molar-refractivity contribution is 6.21. The second kappa shape index (κ2) is 10.3. The van der Waals surface area contributed by atoms with Gasteiger partial charge in [-0.25, -0.2) is 9.59 Å². The number of carbonyl (C=O) groups is 4. The first kappa shape index (κ1) is 24.2. The molecular weight excluding hydrogens is 472 g/mol. The lowest BCUT2D eigenvalue weighted by Gasteiger charge is -2.18. The van der Waals surface area contributed by atoms with Crippen molar-refractivity contribution in [2.45, 2.75) is 31.2 Å². The molecule has 0 saturated carbocycles. The third-order valence-electron chi connectivity index (χ3n) is 6.94. The van der Waals surface area contributed by atoms with Gasteiger partial charge in [0.25, 0.3) is 11.8 Å². The molecule has 37 heavy (non-hydrogen) atoms. The van der Waals surface area contributed by atoms with Crippen molar-refractivity contribution < 1.29 is 29.0 Å². The summed E-state index contributed by atoms with van der Waals surface area (Å²) in [5, 5.41) is 12.0. The molecule has 1 aliphatic heterocycles. The molecule has 5 rings (SSSR count). The molecule has 0 aromatic heterocycles. The predicted molar refractivity (Wildman–Crippen MR) is 135 cm³/mol. The van der Waals surface area contributed by atoms with Crippen molar-refractivity contribution in [3.63, 3.8) is 0 Å². The number of nitrogens with one attached hydrogen (secondary N) is 1. The summed E-state index contributed by atoms with van der Waals surface area (Å²) in [7, 11) is 0. The van der Waals surface area contributed by atoms with Crippen molar-refractivity contribution >= 4 is 23.9 Å². The van der Waals surface area contributed by atoms with Gasteiger partial charge in [-0.2, -0.15) is 0 Å². The van der Waals surface area contributed by atoms with E-state index in [4.69, 9.17) is 4.74 Å². The number of fused-ring (bicyclic) bond motifs is 4. The predicted octanol–water partition coefficient (Wildman–Crippen LogP) is 4.44. The van der Waals surface area contributed by atoms with Gasteiger partial charge in [-0.1, -0.05) is 60.7 Å². The standard InChI is InChI=1S/C29H26N2O6/c32-26-22-13-5-6-14-23(22)27(33)31(26)16-8-7-15-25(28(34)35)30-29(36)37-17-24-20-11-3-1-9-18(20)19-10-2-4-12-21(19)24/h1-6,9-14,24-25H,7-8,15-17H2,(H,30,36)(H,34,35)/t25-/m0/s1. The molecule has 0 unspecified atom stereocenters. The summed E-state index contributed by atoms with van der Waals surface area (Å²) in [5.41, 5.74) is 5.11. The van der Waals surface area contributed by atoms with E-state index in [0.29, 0.717) is 24.0 Å². The topological polar surface area (TPSA) is 113 Å². The molecule has 3 aromatic rings. The van der Waals surface area contributed by atoms with Gasteiger partial charge in [-0.05, 0) is 53.6 Å². The Balaban J connectivity index is 1.12. The zero-order valence-electron chi connectivity index (χ0n) is 20.1. The number of rotatable bonds is 9. The Labute approximate surface area is 213 Å². The Bertz CT molecular complexity index is 1300. The van der Waals surface area contributed by atoms with E-state index < -0.39 is 18.1 Å². The average Bonchev–Trinajstić information content (AvgIpc) is 3.36. The smallest absolute Gasteiger partial charge is 0.407 e. The molecule has 0 saturated heterocycles. The maximum absolute atomic E-state index is 12.5. The second-order valence-electron chi connectivity index (χ2n) is 9.16. The fraction of sp³-hybridized carbons (Fsp3) is 0.241. The van der Waals surface area contributed by atoms with Gasteiger partial charge in [0, 0.05) is 12.5 Å². The van der Waals surface area contributed by atoms with Crippen LogP contribution in [0.2, 0.25) is 0 Å². The Hall–Kier alpha value is -4.46. The quantitative estimate of drug-likeness (QED) is 0.333. The van der Waals surface area contributed by atoms with Crippen molar-refractivity contribution in [2.75, 3.05) is 13.2 Å². The van der Waals surface area contributed by atoms with Gasteiger partial charge in [0.2, 0.25) is 0 Å². The summed E-state index contributed by atoms with van der Waals surface area (Å²) in [6.07, 6.45) is 0.160. The van der Waals surface area contributed by atoms with E-state index in [-0.39, 0.29) is 37.3 Å². The van der Waals surface area contributed by atoms with Gasteiger partial charge in [-0.15, -0.1) is 0 Å². The van der Waals surface area contributed by atoms with Gasteiger partial charge in [0.1, 0.15) is 12.6 Å². The monoisotopic (exact) mass is 498 g/mol. The second-order valence-corrected chi connectivity index (χ2v) is 9.16. The van der Waals surface area contributed by atoms with Crippen molar-refractivity contribution in [3.05, 3.63) is 95.1 Å². The third kappa shape index (κ3) is 4.70. The maximum atomic E-state index is 12.5. The number of carbonyl (C=O) groups excluding carboxylic acids is 3. The number of aliphatic carboxylic acids is 1. The number of benzene rings is 3. The fourth-order valence-corrected chi connectivity index (χ4v) is 5.10. The number of alkyl carbamates (subject to hydrolysis) is 1. The van der Waals surface area contributed by atoms with Crippen LogP contribution in [0.1, 0.15) is 57.0 Å². The van der Waals surface area contributed by atoms with E-state index in [1.165, 1.54) is 4.90 Å². The van der Waals surface area contributed by atoms with E-state index in [0.717, 1.165) is 22.3 Å². The molecule has 3 amide bonds. The molecule has 1 aliphatic carbocycles. The number of unbranched alkanes of at least 4 members (excludes halogenated alkanes) is 1. The van der Waals surface area contributed by atoms with Crippen molar-refractivity contribution in [3.8, 4) is 11.1 Å². The third-order valence-corrected chi connectivity index (χ3v) is 6.94. The number of amides is 3. The van der Waals surface area contributed by atoms with Crippen LogP contribution in [0.5, 0.6) is 0 Å². The summed E-state index contributed by atoms with van der Waals surface area (Å²) in [4.78, 5) is 50.3. The molecule has 0 spiro atoms. The average molecular weight is 499 g/mol. The SMILES string of the molecule is O=C(N[C@@H](CCCCN1C(=O)c2ccccc2C1=O)C(=O)O)OCC1c2ccccc2-c2ccccc21. The lowest BCUT2D eigenvalue weighted by atomic mass is 9.98. The Morgan fingerprint density at radius 3 is 1.86 bits per heavy atom. The molecule has 0 fully saturated rings. The summed E-state index contributed by atoms with van der Waals surface area (Å²) in [5.74, 6) is -1.98. The van der Waals surface area contributed by atoms with E-state index >= 15 is 0 Å². The minimum atomic E-state index is -1.17. The largest absolute Gasteiger partial charge is 0.480 e. The minimum Gasteiger partial charge on any atom is -0.480 e. The first-order chi connectivity index (χ1) is 18.0. The van der Waals surface area contributed by atoms with Crippen LogP contribution in [0.25, 0.3) is 11.1 Å². The highest BCUT2D eigenvalue weighted by Crippen LogP contribution is 2.44. The molecule has 8 heteroatoms. The van der Waals surface area contributed by atoms with Crippen molar-refractivity contribution in [2.24, 2.45) is 0 Å². The number of nitrogens with zero attached hydrogens (tertiary/aromatic N) is 1. The van der Waals surface area contributed by atoms with Crippen LogP contribution in [0.15, 0.2) is 72.8 Å². The van der Waals surface area contributed by atoms with Gasteiger partial charge in [0.05, 0.1) is 11.1 Å². The molecule has 2 N–H and O–H groups in total. The van der Waals surface area contributed by atoms with Crippen LogP contribution < -0.4 is 5.32 Å². The van der Waals surface area contributed by atoms with Gasteiger partial charge >= 0.3 is 12.1 Å². The van der Waals surface area contributed by atoms with Gasteiger partial charge in [-0.3, -0.25) is 14.5 Å². The lowest BCUT2D eigenvalue weighted by Crippen LogP contribution is -2.41. The Kier molecular flexibility index (Phi) is 6.72. The molecule has 1 atom stereocenters. The molecule has 2 aliphatic rings. The van der Waals surface area contributed by atoms with Crippen LogP contribution in [0, 0.1) is 0 Å². The number of ether oxygens (including phenoxy) is 1. The van der Waals surface area contributed by atoms with Gasteiger partial charge < -0.3 is 15.2 Å². The zero-order valence-corrected chi connectivity index (χ0v) is 20.1. The van der Waals surface area contributed by atoms with Gasteiger partial charge in [0.15, 0.2) is 0 Å². The first-order valence-electron chi connectivity index (χ1n) is 12.2. The number of carboxylic acid groups (broad SMARTS) is 1. The maximum Gasteiger partial charge on any atom is 0.407 e. The normalized spacial score (nSPS) is 14.6. The summed E-state index contributed by atoms with van der Waals surface area (Å²) in [6.45, 7) is 0.273. The fourth-order valence-electron chi connectivity index (χ4n) is 5.10. The molecular formula is C29H26N2O6. The van der Waals surface area contributed by atoms with Crippen LogP contribution in [-0.4, -0.2) is 53.1 Å². The number of carboxylic acids is 1. The van der Waals surface area contributed by atoms with Crippen LogP contribution in [0.3, 0.4) is 0 Å². The Morgan fingerprint density at radius 1 is 0.811 bits per heavy atom. The van der Waals surface area contributed by atoms with Crippen molar-refractivity contribution in [1.29, 1.82) is 0 Å². The number of hydrogen-bond donors (Lipinski definition) is 2.